The number of carbonyl (C=O) groups excluding carboxylic acids is 1. The summed E-state index contributed by atoms with van der Waals surface area (Å²) in [6.45, 7) is 6.37. The molecule has 0 bridgehead atoms. The summed E-state index contributed by atoms with van der Waals surface area (Å²) in [4.78, 5) is 14.6. The van der Waals surface area contributed by atoms with E-state index in [9.17, 15) is 4.79 Å². The predicted molar refractivity (Wildman–Crippen MR) is 107 cm³/mol. The average molecular weight is 376 g/mol. The zero-order valence-corrected chi connectivity index (χ0v) is 16.3. The Morgan fingerprint density at radius 1 is 1.12 bits per heavy atom. The summed E-state index contributed by atoms with van der Waals surface area (Å²) >= 11 is 0. The Kier molecular flexibility index (Phi) is 11.1. The van der Waals surface area contributed by atoms with Crippen LogP contribution in [0.25, 0.3) is 0 Å². The molecule has 0 heterocycles. The van der Waals surface area contributed by atoms with Crippen molar-refractivity contribution < 1.29 is 4.79 Å². The van der Waals surface area contributed by atoms with Gasteiger partial charge in [-0.3, -0.25) is 4.79 Å². The summed E-state index contributed by atoms with van der Waals surface area (Å²) in [5.41, 5.74) is 7.83. The number of halogens is 2. The molecule has 0 atom stereocenters. The van der Waals surface area contributed by atoms with E-state index in [0.717, 1.165) is 50.8 Å². The van der Waals surface area contributed by atoms with Crippen molar-refractivity contribution in [1.82, 2.24) is 5.32 Å². The first kappa shape index (κ1) is 23.0. The lowest BCUT2D eigenvalue weighted by atomic mass is 9.91. The maximum Gasteiger partial charge on any atom is 0.251 e. The van der Waals surface area contributed by atoms with Gasteiger partial charge in [-0.2, -0.15) is 0 Å². The Morgan fingerprint density at radius 3 is 2.21 bits per heavy atom. The molecule has 1 aliphatic carbocycles. The number of nitrogens with zero attached hydrogens (tertiary/aromatic N) is 1. The van der Waals surface area contributed by atoms with Gasteiger partial charge in [0.15, 0.2) is 0 Å². The fraction of sp³-hybridized carbons (Fsp3) is 0.611. The van der Waals surface area contributed by atoms with Crippen LogP contribution in [0.3, 0.4) is 0 Å². The molecule has 0 saturated heterocycles. The summed E-state index contributed by atoms with van der Waals surface area (Å²) in [6, 6.07) is 8.54. The van der Waals surface area contributed by atoms with Crippen molar-refractivity contribution in [3.63, 3.8) is 0 Å². The molecule has 0 aromatic heterocycles. The van der Waals surface area contributed by atoms with Crippen molar-refractivity contribution in [3.8, 4) is 0 Å². The molecular weight excluding hydrogens is 345 g/mol. The third-order valence-corrected chi connectivity index (χ3v) is 4.48. The Bertz CT molecular complexity index is 474. The molecule has 2 rings (SSSR count). The molecule has 1 saturated carbocycles. The van der Waals surface area contributed by atoms with E-state index >= 15 is 0 Å². The zero-order chi connectivity index (χ0) is 15.9. The minimum absolute atomic E-state index is 0. The van der Waals surface area contributed by atoms with Crippen LogP contribution in [0.2, 0.25) is 0 Å². The van der Waals surface area contributed by atoms with Crippen molar-refractivity contribution in [1.29, 1.82) is 0 Å². The number of carbonyl (C=O) groups is 1. The molecule has 0 spiro atoms. The van der Waals surface area contributed by atoms with Gasteiger partial charge in [-0.1, -0.05) is 6.92 Å². The van der Waals surface area contributed by atoms with Crippen LogP contribution >= 0.6 is 24.8 Å². The molecule has 24 heavy (non-hydrogen) atoms. The summed E-state index contributed by atoms with van der Waals surface area (Å²) in [6.07, 6.45) is 5.12. The Labute approximate surface area is 158 Å². The standard InChI is InChI=1S/C18H29N3O.2ClH/c1-3-13-21(4-2)17-11-5-14(6-12-17)18(22)20-16-9-7-15(19)8-10-16;;/h5-6,11-12,15-16H,3-4,7-10,13,19H2,1-2H3,(H,20,22);2*1H. The van der Waals surface area contributed by atoms with Gasteiger partial charge in [0, 0.05) is 36.4 Å². The lowest BCUT2D eigenvalue weighted by Gasteiger charge is -2.27. The molecule has 1 aromatic rings. The Morgan fingerprint density at radius 2 is 1.71 bits per heavy atom. The number of anilines is 1. The summed E-state index contributed by atoms with van der Waals surface area (Å²) < 4.78 is 0. The van der Waals surface area contributed by atoms with Crippen LogP contribution in [0.4, 0.5) is 5.69 Å². The van der Waals surface area contributed by atoms with Crippen molar-refractivity contribution in [2.75, 3.05) is 18.0 Å². The van der Waals surface area contributed by atoms with Crippen LogP contribution in [0, 0.1) is 0 Å². The third kappa shape index (κ3) is 6.50. The third-order valence-electron chi connectivity index (χ3n) is 4.48. The highest BCUT2D eigenvalue weighted by Crippen LogP contribution is 2.19. The fourth-order valence-corrected chi connectivity index (χ4v) is 3.10. The SMILES string of the molecule is CCCN(CC)c1ccc(C(=O)NC2CCC(N)CC2)cc1.Cl.Cl. The molecule has 1 aliphatic rings. The summed E-state index contributed by atoms with van der Waals surface area (Å²) in [5, 5.41) is 3.14. The molecule has 1 fully saturated rings. The van der Waals surface area contributed by atoms with Gasteiger partial charge in [0.2, 0.25) is 0 Å². The van der Waals surface area contributed by atoms with E-state index in [1.54, 1.807) is 0 Å². The number of rotatable bonds is 6. The number of hydrogen-bond donors (Lipinski definition) is 2. The molecular formula is C18H31Cl2N3O. The first-order chi connectivity index (χ1) is 10.6. The van der Waals surface area contributed by atoms with E-state index in [0.29, 0.717) is 6.04 Å². The topological polar surface area (TPSA) is 58.4 Å². The van der Waals surface area contributed by atoms with Gasteiger partial charge < -0.3 is 16.0 Å². The van der Waals surface area contributed by atoms with Crippen LogP contribution < -0.4 is 16.0 Å². The minimum Gasteiger partial charge on any atom is -0.372 e. The van der Waals surface area contributed by atoms with E-state index in [1.807, 2.05) is 24.3 Å². The number of amides is 1. The molecule has 0 radical (unpaired) electrons. The molecule has 1 aromatic carbocycles. The van der Waals surface area contributed by atoms with Crippen LogP contribution in [0.5, 0.6) is 0 Å². The van der Waals surface area contributed by atoms with Gasteiger partial charge in [0.1, 0.15) is 0 Å². The Balaban J connectivity index is 0.00000264. The lowest BCUT2D eigenvalue weighted by Crippen LogP contribution is -2.40. The predicted octanol–water partition coefficient (Wildman–Crippen LogP) is 3.77. The number of nitrogens with two attached hydrogens (primary N) is 1. The van der Waals surface area contributed by atoms with Crippen molar-refractivity contribution >= 4 is 36.4 Å². The van der Waals surface area contributed by atoms with Gasteiger partial charge in [-0.15, -0.1) is 24.8 Å². The second-order valence-corrected chi connectivity index (χ2v) is 6.21. The molecule has 0 unspecified atom stereocenters. The lowest BCUT2D eigenvalue weighted by molar-refractivity contribution is 0.0926. The number of hydrogen-bond acceptors (Lipinski definition) is 3. The maximum atomic E-state index is 12.3. The largest absolute Gasteiger partial charge is 0.372 e. The maximum absolute atomic E-state index is 12.3. The zero-order valence-electron chi connectivity index (χ0n) is 14.7. The normalized spacial score (nSPS) is 19.6. The molecule has 1 amide bonds. The van der Waals surface area contributed by atoms with E-state index in [2.05, 4.69) is 24.1 Å². The van der Waals surface area contributed by atoms with Gasteiger partial charge in [-0.25, -0.2) is 0 Å². The number of benzene rings is 1. The van der Waals surface area contributed by atoms with Crippen molar-refractivity contribution in [3.05, 3.63) is 29.8 Å². The monoisotopic (exact) mass is 375 g/mol. The van der Waals surface area contributed by atoms with Crippen LogP contribution in [-0.2, 0) is 0 Å². The van der Waals surface area contributed by atoms with Crippen LogP contribution in [0.1, 0.15) is 56.3 Å². The molecule has 138 valence electrons. The Hall–Kier alpha value is -0.970. The second kappa shape index (κ2) is 11.6. The van der Waals surface area contributed by atoms with Gasteiger partial charge in [0.25, 0.3) is 5.91 Å². The first-order valence-electron chi connectivity index (χ1n) is 8.55. The van der Waals surface area contributed by atoms with Crippen LogP contribution in [-0.4, -0.2) is 31.1 Å². The van der Waals surface area contributed by atoms with Crippen molar-refractivity contribution in [2.24, 2.45) is 5.73 Å². The first-order valence-corrected chi connectivity index (χ1v) is 8.55. The van der Waals surface area contributed by atoms with E-state index in [4.69, 9.17) is 5.73 Å². The molecule has 4 nitrogen and oxygen atoms in total. The number of nitrogens with one attached hydrogen (secondary N) is 1. The molecule has 3 N–H and O–H groups in total. The van der Waals surface area contributed by atoms with E-state index in [1.165, 1.54) is 5.69 Å². The summed E-state index contributed by atoms with van der Waals surface area (Å²) in [5.74, 6) is 0.0329. The fourth-order valence-electron chi connectivity index (χ4n) is 3.10. The molecule has 6 heteroatoms. The quantitative estimate of drug-likeness (QED) is 0.795. The second-order valence-electron chi connectivity index (χ2n) is 6.21. The highest BCUT2D eigenvalue weighted by Gasteiger charge is 2.20. The summed E-state index contributed by atoms with van der Waals surface area (Å²) in [7, 11) is 0. The highest BCUT2D eigenvalue weighted by atomic mass is 35.5. The van der Waals surface area contributed by atoms with E-state index < -0.39 is 0 Å². The highest BCUT2D eigenvalue weighted by molar-refractivity contribution is 5.94. The van der Waals surface area contributed by atoms with Gasteiger partial charge >= 0.3 is 0 Å². The minimum atomic E-state index is 0. The average Bonchev–Trinajstić information content (AvgIpc) is 2.55. The van der Waals surface area contributed by atoms with Gasteiger partial charge in [-0.05, 0) is 63.3 Å². The molecule has 0 aliphatic heterocycles. The van der Waals surface area contributed by atoms with Crippen molar-refractivity contribution in [2.45, 2.75) is 58.0 Å². The van der Waals surface area contributed by atoms with E-state index in [-0.39, 0.29) is 36.8 Å². The van der Waals surface area contributed by atoms with Crippen LogP contribution in [0.15, 0.2) is 24.3 Å². The smallest absolute Gasteiger partial charge is 0.251 e. The van der Waals surface area contributed by atoms with Gasteiger partial charge in [0.05, 0.1) is 0 Å².